The van der Waals surface area contributed by atoms with Crippen molar-refractivity contribution in [2.45, 2.75) is 31.6 Å². The van der Waals surface area contributed by atoms with E-state index in [0.717, 1.165) is 22.3 Å². The van der Waals surface area contributed by atoms with Gasteiger partial charge in [0.15, 0.2) is 0 Å². The number of thiophene rings is 1. The van der Waals surface area contributed by atoms with Crippen LogP contribution in [0.1, 0.15) is 40.4 Å². The fraction of sp³-hybridized carbons (Fsp3) is 0.429. The zero-order valence-electron chi connectivity index (χ0n) is 11.1. The summed E-state index contributed by atoms with van der Waals surface area (Å²) in [5.74, 6) is 0.0943. The Balaban J connectivity index is 1.68. The van der Waals surface area contributed by atoms with Crippen LogP contribution >= 0.6 is 27.3 Å². The number of aromatic nitrogens is 1. The fourth-order valence-electron chi connectivity index (χ4n) is 2.52. The summed E-state index contributed by atoms with van der Waals surface area (Å²) in [5, 5.41) is 6.72. The number of nitrogens with zero attached hydrogens (tertiary/aromatic N) is 1. The molecule has 6 heteroatoms. The predicted octanol–water partition coefficient (Wildman–Crippen LogP) is 3.66. The highest BCUT2D eigenvalue weighted by atomic mass is 79.9. The Morgan fingerprint density at radius 3 is 2.85 bits per heavy atom. The first kappa shape index (κ1) is 13.8. The van der Waals surface area contributed by atoms with Gasteiger partial charge in [-0.1, -0.05) is 11.6 Å². The highest BCUT2D eigenvalue weighted by molar-refractivity contribution is 9.11. The number of carbonyl (C=O) groups excluding carboxylic acids is 1. The van der Waals surface area contributed by atoms with Crippen LogP contribution in [0.5, 0.6) is 0 Å². The third-order valence-corrected chi connectivity index (χ3v) is 5.72. The normalized spacial score (nSPS) is 16.7. The van der Waals surface area contributed by atoms with Gasteiger partial charge in [-0.15, -0.1) is 11.3 Å². The molecule has 4 nitrogen and oxygen atoms in total. The van der Waals surface area contributed by atoms with E-state index in [1.165, 1.54) is 11.3 Å². The van der Waals surface area contributed by atoms with Gasteiger partial charge in [-0.05, 0) is 47.8 Å². The summed E-state index contributed by atoms with van der Waals surface area (Å²) < 4.78 is 6.12. The van der Waals surface area contributed by atoms with Crippen molar-refractivity contribution >= 4 is 33.2 Å². The molecule has 0 atom stereocenters. The Morgan fingerprint density at radius 2 is 2.35 bits per heavy atom. The van der Waals surface area contributed by atoms with Crippen molar-refractivity contribution in [2.24, 2.45) is 0 Å². The van der Waals surface area contributed by atoms with Crippen LogP contribution in [0.25, 0.3) is 0 Å². The number of amides is 1. The SMILES string of the molecule is Cc1cc(C(=O)NCC2(c3ccc(Br)s3)CCC2)on1. The fourth-order valence-corrected chi connectivity index (χ4v) is 4.15. The van der Waals surface area contributed by atoms with Gasteiger partial charge in [0, 0.05) is 22.9 Å². The minimum atomic E-state index is -0.188. The second-order valence-corrected chi connectivity index (χ2v) is 7.72. The lowest BCUT2D eigenvalue weighted by molar-refractivity contribution is 0.0892. The number of rotatable bonds is 4. The Morgan fingerprint density at radius 1 is 1.55 bits per heavy atom. The molecule has 1 aliphatic carbocycles. The summed E-state index contributed by atoms with van der Waals surface area (Å²) in [5.41, 5.74) is 0.817. The maximum atomic E-state index is 12.0. The van der Waals surface area contributed by atoms with Gasteiger partial charge in [0.1, 0.15) is 0 Å². The summed E-state index contributed by atoms with van der Waals surface area (Å²) >= 11 is 5.26. The summed E-state index contributed by atoms with van der Waals surface area (Å²) in [7, 11) is 0. The number of aryl methyl sites for hydroxylation is 1. The molecule has 0 radical (unpaired) electrons. The van der Waals surface area contributed by atoms with E-state index in [-0.39, 0.29) is 17.1 Å². The number of carbonyl (C=O) groups is 1. The van der Waals surface area contributed by atoms with Crippen molar-refractivity contribution in [1.29, 1.82) is 0 Å². The quantitative estimate of drug-likeness (QED) is 0.911. The monoisotopic (exact) mass is 354 g/mol. The molecular formula is C14H15BrN2O2S. The molecule has 1 aliphatic rings. The second kappa shape index (κ2) is 5.33. The van der Waals surface area contributed by atoms with E-state index >= 15 is 0 Å². The van der Waals surface area contributed by atoms with Crippen LogP contribution in [0, 0.1) is 6.92 Å². The van der Waals surface area contributed by atoms with E-state index in [1.54, 1.807) is 24.3 Å². The van der Waals surface area contributed by atoms with Crippen LogP contribution in [-0.4, -0.2) is 17.6 Å². The molecule has 0 bridgehead atoms. The standard InChI is InChI=1S/C14H15BrN2O2S/c1-9-7-10(19-17-9)13(18)16-8-14(5-2-6-14)11-3-4-12(15)20-11/h3-4,7H,2,5-6,8H2,1H3,(H,16,18). The zero-order chi connectivity index (χ0) is 14.2. The first-order chi connectivity index (χ1) is 9.59. The van der Waals surface area contributed by atoms with Gasteiger partial charge in [-0.25, -0.2) is 0 Å². The van der Waals surface area contributed by atoms with Crippen LogP contribution in [0.3, 0.4) is 0 Å². The van der Waals surface area contributed by atoms with Gasteiger partial charge in [0.2, 0.25) is 5.76 Å². The average molecular weight is 355 g/mol. The number of hydrogen-bond acceptors (Lipinski definition) is 4. The summed E-state index contributed by atoms with van der Waals surface area (Å²) in [6.07, 6.45) is 3.46. The lowest BCUT2D eigenvalue weighted by Gasteiger charge is -2.41. The lowest BCUT2D eigenvalue weighted by Crippen LogP contribution is -2.45. The Hall–Kier alpha value is -1.14. The first-order valence-electron chi connectivity index (χ1n) is 6.56. The van der Waals surface area contributed by atoms with E-state index in [4.69, 9.17) is 4.52 Å². The Labute approximate surface area is 129 Å². The highest BCUT2D eigenvalue weighted by Crippen LogP contribution is 2.46. The molecule has 0 aliphatic heterocycles. The molecule has 1 saturated carbocycles. The minimum absolute atomic E-state index is 0.0986. The Kier molecular flexibility index (Phi) is 3.69. The maximum Gasteiger partial charge on any atom is 0.289 e. The molecule has 20 heavy (non-hydrogen) atoms. The van der Waals surface area contributed by atoms with E-state index in [1.807, 2.05) is 0 Å². The predicted molar refractivity (Wildman–Crippen MR) is 81.1 cm³/mol. The molecule has 0 aromatic carbocycles. The van der Waals surface area contributed by atoms with E-state index in [2.05, 4.69) is 38.5 Å². The van der Waals surface area contributed by atoms with Crippen LogP contribution in [-0.2, 0) is 5.41 Å². The largest absolute Gasteiger partial charge is 0.351 e. The van der Waals surface area contributed by atoms with Gasteiger partial charge in [-0.2, -0.15) is 0 Å². The van der Waals surface area contributed by atoms with Crippen LogP contribution in [0.15, 0.2) is 26.5 Å². The topological polar surface area (TPSA) is 55.1 Å². The lowest BCUT2D eigenvalue weighted by atomic mass is 9.67. The maximum absolute atomic E-state index is 12.0. The van der Waals surface area contributed by atoms with Gasteiger partial charge in [0.05, 0.1) is 9.48 Å². The van der Waals surface area contributed by atoms with E-state index in [0.29, 0.717) is 6.54 Å². The molecule has 1 N–H and O–H groups in total. The summed E-state index contributed by atoms with van der Waals surface area (Å²) in [4.78, 5) is 13.4. The Bertz CT molecular complexity index is 631. The van der Waals surface area contributed by atoms with Crippen LogP contribution in [0.4, 0.5) is 0 Å². The molecule has 0 saturated heterocycles. The number of halogens is 1. The van der Waals surface area contributed by atoms with Gasteiger partial charge in [0.25, 0.3) is 5.91 Å². The van der Waals surface area contributed by atoms with Gasteiger partial charge in [-0.3, -0.25) is 4.79 Å². The minimum Gasteiger partial charge on any atom is -0.351 e. The van der Waals surface area contributed by atoms with Crippen molar-refractivity contribution in [3.63, 3.8) is 0 Å². The van der Waals surface area contributed by atoms with E-state index in [9.17, 15) is 4.79 Å². The van der Waals surface area contributed by atoms with Crippen molar-refractivity contribution in [3.05, 3.63) is 38.3 Å². The zero-order valence-corrected chi connectivity index (χ0v) is 13.5. The van der Waals surface area contributed by atoms with Crippen molar-refractivity contribution < 1.29 is 9.32 Å². The molecule has 0 spiro atoms. The van der Waals surface area contributed by atoms with Crippen molar-refractivity contribution in [2.75, 3.05) is 6.54 Å². The smallest absolute Gasteiger partial charge is 0.289 e. The first-order valence-corrected chi connectivity index (χ1v) is 8.17. The molecule has 1 amide bonds. The molecule has 1 fully saturated rings. The van der Waals surface area contributed by atoms with Crippen molar-refractivity contribution in [1.82, 2.24) is 10.5 Å². The van der Waals surface area contributed by atoms with E-state index < -0.39 is 0 Å². The van der Waals surface area contributed by atoms with Crippen LogP contribution < -0.4 is 5.32 Å². The molecule has 2 heterocycles. The summed E-state index contributed by atoms with van der Waals surface area (Å²) in [6, 6.07) is 5.88. The molecule has 2 aromatic rings. The van der Waals surface area contributed by atoms with Crippen molar-refractivity contribution in [3.8, 4) is 0 Å². The van der Waals surface area contributed by atoms with Gasteiger partial charge < -0.3 is 9.84 Å². The third-order valence-electron chi connectivity index (χ3n) is 3.85. The molecular weight excluding hydrogens is 340 g/mol. The average Bonchev–Trinajstić information content (AvgIpc) is 2.97. The summed E-state index contributed by atoms with van der Waals surface area (Å²) in [6.45, 7) is 2.45. The molecule has 3 rings (SSSR count). The number of hydrogen-bond donors (Lipinski definition) is 1. The van der Waals surface area contributed by atoms with Crippen LogP contribution in [0.2, 0.25) is 0 Å². The molecule has 2 aromatic heterocycles. The number of nitrogens with one attached hydrogen (secondary N) is 1. The molecule has 106 valence electrons. The second-order valence-electron chi connectivity index (χ2n) is 5.25. The highest BCUT2D eigenvalue weighted by Gasteiger charge is 2.40. The van der Waals surface area contributed by atoms with Gasteiger partial charge >= 0.3 is 0 Å². The molecule has 0 unspecified atom stereocenters. The third kappa shape index (κ3) is 2.54.